The lowest BCUT2D eigenvalue weighted by Crippen LogP contribution is -2.53. The Morgan fingerprint density at radius 2 is 2.24 bits per heavy atom. The van der Waals surface area contributed by atoms with Gasteiger partial charge in [-0.05, 0) is 13.8 Å². The van der Waals surface area contributed by atoms with Gasteiger partial charge < -0.3 is 25.2 Å². The van der Waals surface area contributed by atoms with E-state index in [0.29, 0.717) is 19.7 Å². The Morgan fingerprint density at radius 1 is 1.59 bits per heavy atom. The quantitative estimate of drug-likeness (QED) is 0.608. The fourth-order valence-corrected chi connectivity index (χ4v) is 1.44. The summed E-state index contributed by atoms with van der Waals surface area (Å²) in [6.07, 6.45) is -0.0329. The molecule has 2 unspecified atom stereocenters. The molecule has 2 amide bonds. The van der Waals surface area contributed by atoms with Gasteiger partial charge in [-0.3, -0.25) is 0 Å². The molecule has 0 bridgehead atoms. The van der Waals surface area contributed by atoms with Crippen molar-refractivity contribution in [3.63, 3.8) is 0 Å². The number of aliphatic hydroxyl groups is 1. The van der Waals surface area contributed by atoms with E-state index >= 15 is 0 Å². The van der Waals surface area contributed by atoms with Crippen molar-refractivity contribution in [2.45, 2.75) is 25.6 Å². The van der Waals surface area contributed by atoms with Gasteiger partial charge >= 0.3 is 12.0 Å². The highest BCUT2D eigenvalue weighted by Gasteiger charge is 2.31. The van der Waals surface area contributed by atoms with E-state index in [-0.39, 0.29) is 18.7 Å². The maximum atomic E-state index is 11.7. The van der Waals surface area contributed by atoms with Gasteiger partial charge in [0.1, 0.15) is 0 Å². The van der Waals surface area contributed by atoms with Crippen molar-refractivity contribution < 1.29 is 24.5 Å². The van der Waals surface area contributed by atoms with E-state index in [1.54, 1.807) is 0 Å². The summed E-state index contributed by atoms with van der Waals surface area (Å²) in [5, 5.41) is 20.5. The molecule has 1 fully saturated rings. The Kier molecular flexibility index (Phi) is 4.30. The van der Waals surface area contributed by atoms with Gasteiger partial charge in [0.2, 0.25) is 0 Å². The predicted octanol–water partition coefficient (Wildman–Crippen LogP) is -0.748. The number of hydrogen-bond acceptors (Lipinski definition) is 4. The topological polar surface area (TPSA) is 99.1 Å². The molecule has 1 heterocycles. The first-order valence-corrected chi connectivity index (χ1v) is 5.43. The second kappa shape index (κ2) is 5.33. The zero-order valence-electron chi connectivity index (χ0n) is 9.97. The van der Waals surface area contributed by atoms with Crippen LogP contribution in [-0.4, -0.2) is 65.1 Å². The van der Waals surface area contributed by atoms with E-state index in [0.717, 1.165) is 6.92 Å². The molecule has 3 N–H and O–H groups in total. The molecule has 0 aromatic carbocycles. The fraction of sp³-hybridized carbons (Fsp3) is 0.800. The number of carbonyl (C=O) groups is 2. The Bertz CT molecular complexity index is 305. The predicted molar refractivity (Wildman–Crippen MR) is 58.6 cm³/mol. The summed E-state index contributed by atoms with van der Waals surface area (Å²) in [6, 6.07) is -0.387. The minimum atomic E-state index is -1.95. The number of amides is 2. The number of aliphatic carboxylic acids is 1. The molecule has 0 radical (unpaired) electrons. The van der Waals surface area contributed by atoms with Crippen LogP contribution in [0.15, 0.2) is 0 Å². The smallest absolute Gasteiger partial charge is 0.337 e. The van der Waals surface area contributed by atoms with E-state index in [1.165, 1.54) is 4.90 Å². The molecule has 7 heteroatoms. The molecule has 1 rings (SSSR count). The fourth-order valence-electron chi connectivity index (χ4n) is 1.44. The molecule has 0 saturated carbocycles. The van der Waals surface area contributed by atoms with Crippen LogP contribution in [0.5, 0.6) is 0 Å². The summed E-state index contributed by atoms with van der Waals surface area (Å²) in [4.78, 5) is 23.8. The van der Waals surface area contributed by atoms with Crippen molar-refractivity contribution in [2.24, 2.45) is 0 Å². The number of carbonyl (C=O) groups excluding carboxylic acids is 1. The second-order valence-corrected chi connectivity index (χ2v) is 4.37. The van der Waals surface area contributed by atoms with Gasteiger partial charge in [0.25, 0.3) is 0 Å². The molecule has 1 aliphatic rings. The Hall–Kier alpha value is -1.34. The average molecular weight is 246 g/mol. The summed E-state index contributed by atoms with van der Waals surface area (Å²) >= 11 is 0. The number of rotatable bonds is 3. The first-order chi connectivity index (χ1) is 7.83. The van der Waals surface area contributed by atoms with Gasteiger partial charge in [-0.15, -0.1) is 0 Å². The van der Waals surface area contributed by atoms with E-state index in [2.05, 4.69) is 5.32 Å². The molecule has 98 valence electrons. The van der Waals surface area contributed by atoms with Gasteiger partial charge in [-0.2, -0.15) is 0 Å². The molecule has 0 spiro atoms. The van der Waals surface area contributed by atoms with Gasteiger partial charge in [0.05, 0.1) is 19.3 Å². The molecular weight excluding hydrogens is 228 g/mol. The van der Waals surface area contributed by atoms with Crippen LogP contribution in [0, 0.1) is 0 Å². The third-order valence-corrected chi connectivity index (χ3v) is 2.57. The number of carboxylic acid groups (broad SMARTS) is 1. The van der Waals surface area contributed by atoms with Crippen LogP contribution in [0.1, 0.15) is 13.8 Å². The highest BCUT2D eigenvalue weighted by molar-refractivity contribution is 5.79. The van der Waals surface area contributed by atoms with Crippen LogP contribution in [0.4, 0.5) is 4.79 Å². The zero-order valence-corrected chi connectivity index (χ0v) is 9.97. The maximum absolute atomic E-state index is 11.7. The average Bonchev–Trinajstić information content (AvgIpc) is 2.25. The third kappa shape index (κ3) is 3.86. The number of carboxylic acids is 1. The van der Waals surface area contributed by atoms with Crippen LogP contribution in [0.2, 0.25) is 0 Å². The van der Waals surface area contributed by atoms with E-state index in [9.17, 15) is 14.7 Å². The lowest BCUT2D eigenvalue weighted by molar-refractivity contribution is -0.155. The van der Waals surface area contributed by atoms with E-state index in [1.807, 2.05) is 6.92 Å². The molecule has 1 aliphatic heterocycles. The van der Waals surface area contributed by atoms with Gasteiger partial charge in [-0.1, -0.05) is 0 Å². The van der Waals surface area contributed by atoms with Crippen molar-refractivity contribution in [1.82, 2.24) is 10.2 Å². The summed E-state index contributed by atoms with van der Waals surface area (Å²) in [7, 11) is 0. The number of urea groups is 1. The van der Waals surface area contributed by atoms with Crippen molar-refractivity contribution in [3.8, 4) is 0 Å². The third-order valence-electron chi connectivity index (χ3n) is 2.57. The molecule has 0 aliphatic carbocycles. The monoisotopic (exact) mass is 246 g/mol. The van der Waals surface area contributed by atoms with Crippen LogP contribution >= 0.6 is 0 Å². The summed E-state index contributed by atoms with van der Waals surface area (Å²) in [5.74, 6) is -1.37. The van der Waals surface area contributed by atoms with Crippen LogP contribution in [0.3, 0.4) is 0 Å². The summed E-state index contributed by atoms with van der Waals surface area (Å²) < 4.78 is 5.28. The molecule has 17 heavy (non-hydrogen) atoms. The largest absolute Gasteiger partial charge is 0.479 e. The number of ether oxygens (including phenoxy) is 1. The Balaban J connectivity index is 2.41. The normalized spacial score (nSPS) is 23.9. The standard InChI is InChI=1S/C10H18N2O5/c1-7-5-12(3-4-17-7)9(15)11-6-10(2,16)8(13)14/h7,16H,3-6H2,1-2H3,(H,11,15)(H,13,14). The molecule has 1 saturated heterocycles. The molecule has 0 aromatic heterocycles. The van der Waals surface area contributed by atoms with Crippen LogP contribution in [-0.2, 0) is 9.53 Å². The number of nitrogens with zero attached hydrogens (tertiary/aromatic N) is 1. The van der Waals surface area contributed by atoms with Gasteiger partial charge in [0, 0.05) is 13.1 Å². The lowest BCUT2D eigenvalue weighted by Gasteiger charge is -2.31. The van der Waals surface area contributed by atoms with Crippen molar-refractivity contribution in [2.75, 3.05) is 26.2 Å². The molecule has 7 nitrogen and oxygen atoms in total. The number of hydrogen-bond donors (Lipinski definition) is 3. The van der Waals surface area contributed by atoms with Gasteiger partial charge in [-0.25, -0.2) is 9.59 Å². The summed E-state index contributed by atoms with van der Waals surface area (Å²) in [6.45, 7) is 4.05. The first-order valence-electron chi connectivity index (χ1n) is 5.43. The first kappa shape index (κ1) is 13.7. The summed E-state index contributed by atoms with van der Waals surface area (Å²) in [5.41, 5.74) is -1.95. The zero-order chi connectivity index (χ0) is 13.1. The van der Waals surface area contributed by atoms with Crippen molar-refractivity contribution >= 4 is 12.0 Å². The van der Waals surface area contributed by atoms with E-state index in [4.69, 9.17) is 9.84 Å². The lowest BCUT2D eigenvalue weighted by atomic mass is 10.1. The molecular formula is C10H18N2O5. The second-order valence-electron chi connectivity index (χ2n) is 4.37. The molecule has 0 aromatic rings. The van der Waals surface area contributed by atoms with Gasteiger partial charge in [0.15, 0.2) is 5.60 Å². The SMILES string of the molecule is CC1CN(C(=O)NCC(C)(O)C(=O)O)CCO1. The van der Waals surface area contributed by atoms with Crippen LogP contribution in [0.25, 0.3) is 0 Å². The molecule has 2 atom stereocenters. The minimum absolute atomic E-state index is 0.0329. The van der Waals surface area contributed by atoms with E-state index < -0.39 is 11.6 Å². The minimum Gasteiger partial charge on any atom is -0.479 e. The van der Waals surface area contributed by atoms with Crippen LogP contribution < -0.4 is 5.32 Å². The van der Waals surface area contributed by atoms with Crippen molar-refractivity contribution in [1.29, 1.82) is 0 Å². The maximum Gasteiger partial charge on any atom is 0.337 e. The highest BCUT2D eigenvalue weighted by atomic mass is 16.5. The highest BCUT2D eigenvalue weighted by Crippen LogP contribution is 2.05. The number of morpholine rings is 1. The Labute approximate surface area is 99.4 Å². The Morgan fingerprint density at radius 3 is 2.76 bits per heavy atom. The number of nitrogens with one attached hydrogen (secondary N) is 1. The van der Waals surface area contributed by atoms with Crippen molar-refractivity contribution in [3.05, 3.63) is 0 Å².